The minimum Gasteiger partial charge on any atom is -0.462 e. The van der Waals surface area contributed by atoms with E-state index in [4.69, 9.17) is 10.5 Å². The topological polar surface area (TPSA) is 81.4 Å². The Morgan fingerprint density at radius 3 is 2.68 bits per heavy atom. The van der Waals surface area contributed by atoms with Gasteiger partial charge >= 0.3 is 5.97 Å². The molecule has 6 heteroatoms. The molecule has 1 atom stereocenters. The second kappa shape index (κ2) is 6.89. The van der Waals surface area contributed by atoms with Gasteiger partial charge in [0.25, 0.3) is 0 Å². The van der Waals surface area contributed by atoms with Crippen molar-refractivity contribution in [3.8, 4) is 0 Å². The average molecular weight is 320 g/mol. The number of carbonyl (C=O) groups excluding carboxylic acids is 2. The fourth-order valence-corrected chi connectivity index (χ4v) is 2.89. The minimum absolute atomic E-state index is 0.0697. The number of ether oxygens (including phenoxy) is 1. The molecule has 1 heterocycles. The van der Waals surface area contributed by atoms with E-state index in [-0.39, 0.29) is 17.8 Å². The van der Waals surface area contributed by atoms with Crippen LogP contribution in [0.25, 0.3) is 10.1 Å². The first-order chi connectivity index (χ1) is 10.4. The van der Waals surface area contributed by atoms with Crippen LogP contribution in [0, 0.1) is 5.92 Å². The van der Waals surface area contributed by atoms with Gasteiger partial charge in [-0.25, -0.2) is 4.79 Å². The van der Waals surface area contributed by atoms with Gasteiger partial charge in [0.15, 0.2) is 0 Å². The Balaban J connectivity index is 2.20. The fraction of sp³-hybridized carbons (Fsp3) is 0.375. The third-order valence-electron chi connectivity index (χ3n) is 3.28. The summed E-state index contributed by atoms with van der Waals surface area (Å²) in [6.07, 6.45) is 0. The Bertz CT molecular complexity index is 694. The maximum absolute atomic E-state index is 12.0. The lowest BCUT2D eigenvalue weighted by atomic mass is 10.0. The van der Waals surface area contributed by atoms with Crippen molar-refractivity contribution in [3.63, 3.8) is 0 Å². The molecule has 0 aliphatic heterocycles. The van der Waals surface area contributed by atoms with Crippen molar-refractivity contribution in [3.05, 3.63) is 29.1 Å². The molecule has 1 aromatic carbocycles. The van der Waals surface area contributed by atoms with Crippen LogP contribution in [0.4, 0.5) is 5.69 Å². The largest absolute Gasteiger partial charge is 0.462 e. The maximum atomic E-state index is 12.0. The van der Waals surface area contributed by atoms with E-state index in [0.717, 1.165) is 10.1 Å². The van der Waals surface area contributed by atoms with Gasteiger partial charge in [0.2, 0.25) is 5.91 Å². The van der Waals surface area contributed by atoms with Gasteiger partial charge in [0.1, 0.15) is 4.88 Å². The molecule has 1 amide bonds. The van der Waals surface area contributed by atoms with Gasteiger partial charge in [-0.3, -0.25) is 4.79 Å². The van der Waals surface area contributed by atoms with Gasteiger partial charge in [-0.1, -0.05) is 13.8 Å². The normalized spacial score (nSPS) is 12.4. The van der Waals surface area contributed by atoms with E-state index in [2.05, 4.69) is 5.32 Å². The van der Waals surface area contributed by atoms with Crippen molar-refractivity contribution in [2.45, 2.75) is 26.8 Å². The smallest absolute Gasteiger partial charge is 0.348 e. The molecule has 3 N–H and O–H groups in total. The van der Waals surface area contributed by atoms with Crippen molar-refractivity contribution < 1.29 is 14.3 Å². The second-order valence-electron chi connectivity index (χ2n) is 5.34. The molecule has 0 radical (unpaired) electrons. The highest BCUT2D eigenvalue weighted by Gasteiger charge is 2.17. The van der Waals surface area contributed by atoms with Crippen LogP contribution in [0.5, 0.6) is 0 Å². The molecule has 0 bridgehead atoms. The summed E-state index contributed by atoms with van der Waals surface area (Å²) in [5, 5.41) is 3.70. The first kappa shape index (κ1) is 16.5. The van der Waals surface area contributed by atoms with Crippen LogP contribution < -0.4 is 11.1 Å². The summed E-state index contributed by atoms with van der Waals surface area (Å²) >= 11 is 1.37. The lowest BCUT2D eigenvalue weighted by Gasteiger charge is -2.15. The van der Waals surface area contributed by atoms with Crippen LogP contribution in [0.15, 0.2) is 24.3 Å². The van der Waals surface area contributed by atoms with E-state index in [1.54, 1.807) is 19.1 Å². The minimum atomic E-state index is -0.548. The quantitative estimate of drug-likeness (QED) is 0.830. The van der Waals surface area contributed by atoms with Gasteiger partial charge in [-0.2, -0.15) is 0 Å². The molecule has 2 rings (SSSR count). The molecule has 5 nitrogen and oxygen atoms in total. The average Bonchev–Trinajstić information content (AvgIpc) is 2.89. The van der Waals surface area contributed by atoms with Crippen molar-refractivity contribution >= 4 is 39.0 Å². The summed E-state index contributed by atoms with van der Waals surface area (Å²) in [4.78, 5) is 24.3. The number of fused-ring (bicyclic) bond motifs is 1. The van der Waals surface area contributed by atoms with Crippen LogP contribution in [0.3, 0.4) is 0 Å². The number of esters is 1. The molecule has 2 aromatic rings. The fourth-order valence-electron chi connectivity index (χ4n) is 1.95. The van der Waals surface area contributed by atoms with E-state index >= 15 is 0 Å². The van der Waals surface area contributed by atoms with E-state index in [0.29, 0.717) is 17.2 Å². The monoisotopic (exact) mass is 320 g/mol. The van der Waals surface area contributed by atoms with Crippen molar-refractivity contribution in [1.29, 1.82) is 0 Å². The lowest BCUT2D eigenvalue weighted by Crippen LogP contribution is -2.39. The van der Waals surface area contributed by atoms with Crippen LogP contribution in [0.2, 0.25) is 0 Å². The Labute approximate surface area is 133 Å². The summed E-state index contributed by atoms with van der Waals surface area (Å²) in [5.74, 6) is -0.466. The zero-order chi connectivity index (χ0) is 16.3. The van der Waals surface area contributed by atoms with Crippen LogP contribution in [0.1, 0.15) is 30.4 Å². The van der Waals surface area contributed by atoms with Gasteiger partial charge < -0.3 is 15.8 Å². The first-order valence-corrected chi connectivity index (χ1v) is 8.01. The number of nitrogens with two attached hydrogens (primary N) is 1. The van der Waals surface area contributed by atoms with Gasteiger partial charge in [0, 0.05) is 10.4 Å². The highest BCUT2D eigenvalue weighted by Crippen LogP contribution is 2.28. The molecule has 0 aliphatic rings. The lowest BCUT2D eigenvalue weighted by molar-refractivity contribution is -0.118. The number of hydrogen-bond acceptors (Lipinski definition) is 5. The SMILES string of the molecule is CCOC(=O)c1cc2cc(NC(=O)C(N)C(C)C)ccc2s1. The van der Waals surface area contributed by atoms with Crippen LogP contribution in [-0.2, 0) is 9.53 Å². The van der Waals surface area contributed by atoms with Crippen LogP contribution >= 0.6 is 11.3 Å². The van der Waals surface area contributed by atoms with Crippen molar-refractivity contribution in [1.82, 2.24) is 0 Å². The molecule has 1 aromatic heterocycles. The van der Waals surface area contributed by atoms with Crippen molar-refractivity contribution in [2.24, 2.45) is 11.7 Å². The number of carbonyl (C=O) groups is 2. The van der Waals surface area contributed by atoms with Crippen molar-refractivity contribution in [2.75, 3.05) is 11.9 Å². The molecule has 1 unspecified atom stereocenters. The predicted octanol–water partition coefficient (Wildman–Crippen LogP) is 3.00. The van der Waals surface area contributed by atoms with E-state index in [1.807, 2.05) is 26.0 Å². The molecule has 118 valence electrons. The predicted molar refractivity (Wildman–Crippen MR) is 89.2 cm³/mol. The zero-order valence-electron chi connectivity index (χ0n) is 12.9. The number of nitrogens with one attached hydrogen (secondary N) is 1. The molecule has 0 fully saturated rings. The molecule has 0 aliphatic carbocycles. The number of amides is 1. The standard InChI is InChI=1S/C16H20N2O3S/c1-4-21-16(20)13-8-10-7-11(5-6-12(10)22-13)18-15(19)14(17)9(2)3/h5-9,14H,4,17H2,1-3H3,(H,18,19). The Morgan fingerprint density at radius 2 is 2.05 bits per heavy atom. The highest BCUT2D eigenvalue weighted by molar-refractivity contribution is 7.20. The summed E-state index contributed by atoms with van der Waals surface area (Å²) < 4.78 is 5.96. The molecule has 22 heavy (non-hydrogen) atoms. The molecular weight excluding hydrogens is 300 g/mol. The first-order valence-electron chi connectivity index (χ1n) is 7.19. The number of benzene rings is 1. The summed E-state index contributed by atoms with van der Waals surface area (Å²) in [6.45, 7) is 5.92. The Kier molecular flexibility index (Phi) is 5.15. The van der Waals surface area contributed by atoms with E-state index in [1.165, 1.54) is 11.3 Å². The number of hydrogen-bond donors (Lipinski definition) is 2. The van der Waals surface area contributed by atoms with E-state index < -0.39 is 6.04 Å². The number of anilines is 1. The third-order valence-corrected chi connectivity index (χ3v) is 4.38. The van der Waals surface area contributed by atoms with Crippen LogP contribution in [-0.4, -0.2) is 24.5 Å². The zero-order valence-corrected chi connectivity index (χ0v) is 13.7. The summed E-state index contributed by atoms with van der Waals surface area (Å²) in [7, 11) is 0. The third kappa shape index (κ3) is 3.64. The second-order valence-corrected chi connectivity index (χ2v) is 6.43. The highest BCUT2D eigenvalue weighted by atomic mass is 32.1. The molecule has 0 spiro atoms. The summed E-state index contributed by atoms with van der Waals surface area (Å²) in [5.41, 5.74) is 6.49. The maximum Gasteiger partial charge on any atom is 0.348 e. The Morgan fingerprint density at radius 1 is 1.32 bits per heavy atom. The Hall–Kier alpha value is -1.92. The molecule has 0 saturated heterocycles. The summed E-state index contributed by atoms with van der Waals surface area (Å²) in [6, 6.07) is 6.74. The molecule has 0 saturated carbocycles. The van der Waals surface area contributed by atoms with E-state index in [9.17, 15) is 9.59 Å². The number of thiophene rings is 1. The number of rotatable bonds is 5. The van der Waals surface area contributed by atoms with Gasteiger partial charge in [0.05, 0.1) is 12.6 Å². The van der Waals surface area contributed by atoms with Gasteiger partial charge in [-0.05, 0) is 42.5 Å². The van der Waals surface area contributed by atoms with Gasteiger partial charge in [-0.15, -0.1) is 11.3 Å². The molecular formula is C16H20N2O3S.